The summed E-state index contributed by atoms with van der Waals surface area (Å²) in [6, 6.07) is 26.0. The zero-order valence-corrected chi connectivity index (χ0v) is 27.6. The number of carbonyl (C=O) groups is 1. The Bertz CT molecular complexity index is 1600. The van der Waals surface area contributed by atoms with Gasteiger partial charge in [-0.15, -0.1) is 0 Å². The molecule has 4 aliphatic rings. The molecule has 6 nitrogen and oxygen atoms in total. The van der Waals surface area contributed by atoms with E-state index in [1.54, 1.807) is 28.6 Å². The maximum Gasteiger partial charge on any atom is 0.243 e. The van der Waals surface area contributed by atoms with E-state index < -0.39 is 15.4 Å². The van der Waals surface area contributed by atoms with Crippen LogP contribution in [0.1, 0.15) is 67.6 Å². The van der Waals surface area contributed by atoms with Crippen molar-refractivity contribution in [3.05, 3.63) is 100 Å². The number of nitrogens with zero attached hydrogens (tertiary/aromatic N) is 2. The first kappa shape index (κ1) is 30.2. The van der Waals surface area contributed by atoms with Gasteiger partial charge in [0.05, 0.1) is 10.8 Å². The van der Waals surface area contributed by atoms with Gasteiger partial charge in [-0.1, -0.05) is 89.8 Å². The molecule has 3 aromatic carbocycles. The fourth-order valence-electron chi connectivity index (χ4n) is 8.73. The standard InChI is InChI=1S/C36H42BrN3O3S/c37-30-16-17-32-29(20-30)23-39(44(42,43)31-14-8-3-9-15-31)25-36(32)24-38-22-33(36)35(41)40-19-18-28(26-10-4-1-5-11-26)21-34(40)27-12-6-2-7-13-27/h1,3-5,8-11,14-17,20,27-28,33-34,38H,2,6-7,12-13,18-19,21-25H2. The van der Waals surface area contributed by atoms with Crippen LogP contribution in [0.5, 0.6) is 0 Å². The lowest BCUT2D eigenvalue weighted by Crippen LogP contribution is -2.58. The van der Waals surface area contributed by atoms with Crippen LogP contribution >= 0.6 is 15.9 Å². The Morgan fingerprint density at radius 3 is 2.39 bits per heavy atom. The summed E-state index contributed by atoms with van der Waals surface area (Å²) in [5.41, 5.74) is 2.82. The predicted octanol–water partition coefficient (Wildman–Crippen LogP) is 6.47. The van der Waals surface area contributed by atoms with Crippen LogP contribution in [0.4, 0.5) is 0 Å². The molecular weight excluding hydrogens is 634 g/mol. The molecule has 8 heteroatoms. The third-order valence-corrected chi connectivity index (χ3v) is 13.2. The molecule has 0 bridgehead atoms. The highest BCUT2D eigenvalue weighted by atomic mass is 79.9. The van der Waals surface area contributed by atoms with E-state index in [4.69, 9.17) is 0 Å². The monoisotopic (exact) mass is 675 g/mol. The number of hydrogen-bond acceptors (Lipinski definition) is 4. The highest BCUT2D eigenvalue weighted by Crippen LogP contribution is 2.47. The normalized spacial score (nSPS) is 28.2. The van der Waals surface area contributed by atoms with Gasteiger partial charge in [0.2, 0.25) is 15.9 Å². The molecule has 1 aliphatic carbocycles. The van der Waals surface area contributed by atoms with Crippen LogP contribution in [-0.4, -0.2) is 55.8 Å². The number of likely N-dealkylation sites (tertiary alicyclic amines) is 1. The predicted molar refractivity (Wildman–Crippen MR) is 177 cm³/mol. The topological polar surface area (TPSA) is 69.7 Å². The molecule has 3 aromatic rings. The van der Waals surface area contributed by atoms with Crippen LogP contribution in [0, 0.1) is 11.8 Å². The van der Waals surface area contributed by atoms with Gasteiger partial charge >= 0.3 is 0 Å². The minimum atomic E-state index is -3.76. The summed E-state index contributed by atoms with van der Waals surface area (Å²) in [6.07, 6.45) is 8.10. The maximum absolute atomic E-state index is 15.0. The van der Waals surface area contributed by atoms with Gasteiger partial charge in [0.15, 0.2) is 0 Å². The summed E-state index contributed by atoms with van der Waals surface area (Å²) in [5, 5.41) is 3.57. The lowest BCUT2D eigenvalue weighted by atomic mass is 9.67. The van der Waals surface area contributed by atoms with E-state index in [0.29, 0.717) is 36.4 Å². The molecule has 0 radical (unpaired) electrons. The van der Waals surface area contributed by atoms with Gasteiger partial charge in [-0.3, -0.25) is 4.79 Å². The van der Waals surface area contributed by atoms with Crippen molar-refractivity contribution in [2.24, 2.45) is 11.8 Å². The molecule has 3 fully saturated rings. The van der Waals surface area contributed by atoms with Crippen molar-refractivity contribution in [3.8, 4) is 0 Å². The molecule has 3 heterocycles. The number of fused-ring (bicyclic) bond motifs is 2. The average molecular weight is 677 g/mol. The van der Waals surface area contributed by atoms with E-state index >= 15 is 0 Å². The van der Waals surface area contributed by atoms with Gasteiger partial charge in [-0.25, -0.2) is 8.42 Å². The van der Waals surface area contributed by atoms with Crippen LogP contribution in [0.15, 0.2) is 88.2 Å². The van der Waals surface area contributed by atoms with E-state index in [2.05, 4.69) is 62.5 Å². The molecule has 1 N–H and O–H groups in total. The van der Waals surface area contributed by atoms with Crippen molar-refractivity contribution in [1.82, 2.24) is 14.5 Å². The molecule has 1 spiro atoms. The second kappa shape index (κ2) is 12.3. The molecule has 1 saturated carbocycles. The van der Waals surface area contributed by atoms with Crippen molar-refractivity contribution in [3.63, 3.8) is 0 Å². The summed E-state index contributed by atoms with van der Waals surface area (Å²) in [7, 11) is -3.76. The van der Waals surface area contributed by atoms with E-state index in [0.717, 1.165) is 35.0 Å². The number of nitrogens with one attached hydrogen (secondary N) is 1. The smallest absolute Gasteiger partial charge is 0.243 e. The molecule has 0 aromatic heterocycles. The van der Waals surface area contributed by atoms with Crippen LogP contribution < -0.4 is 5.32 Å². The number of halogens is 1. The minimum Gasteiger partial charge on any atom is -0.339 e. The Kier molecular flexibility index (Phi) is 8.46. The average Bonchev–Trinajstić information content (AvgIpc) is 3.48. The van der Waals surface area contributed by atoms with Crippen molar-refractivity contribution in [1.29, 1.82) is 0 Å². The Morgan fingerprint density at radius 1 is 0.909 bits per heavy atom. The molecule has 44 heavy (non-hydrogen) atoms. The van der Waals surface area contributed by atoms with Gasteiger partial charge in [0.25, 0.3) is 0 Å². The molecule has 3 aliphatic heterocycles. The summed E-state index contributed by atoms with van der Waals surface area (Å²) in [5.74, 6) is 0.844. The number of amides is 1. The second-order valence-electron chi connectivity index (χ2n) is 13.4. The van der Waals surface area contributed by atoms with Crippen LogP contribution in [0.2, 0.25) is 0 Å². The quantitative estimate of drug-likeness (QED) is 0.337. The first-order valence-corrected chi connectivity index (χ1v) is 18.5. The van der Waals surface area contributed by atoms with Gasteiger partial charge in [-0.2, -0.15) is 4.31 Å². The fourth-order valence-corrected chi connectivity index (χ4v) is 10.6. The van der Waals surface area contributed by atoms with Gasteiger partial charge in [-0.05, 0) is 78.5 Å². The highest BCUT2D eigenvalue weighted by molar-refractivity contribution is 9.10. The van der Waals surface area contributed by atoms with Crippen molar-refractivity contribution in [2.45, 2.75) is 73.8 Å². The van der Waals surface area contributed by atoms with Crippen LogP contribution in [0.3, 0.4) is 0 Å². The van der Waals surface area contributed by atoms with E-state index in [-0.39, 0.29) is 24.4 Å². The molecule has 1 amide bonds. The summed E-state index contributed by atoms with van der Waals surface area (Å²) >= 11 is 3.63. The fraction of sp³-hybridized carbons (Fsp3) is 0.472. The van der Waals surface area contributed by atoms with Crippen molar-refractivity contribution < 1.29 is 13.2 Å². The Labute approximate surface area is 270 Å². The summed E-state index contributed by atoms with van der Waals surface area (Å²) in [6.45, 7) is 2.47. The van der Waals surface area contributed by atoms with Gasteiger partial charge < -0.3 is 10.2 Å². The van der Waals surface area contributed by atoms with E-state index in [1.807, 2.05) is 18.2 Å². The summed E-state index contributed by atoms with van der Waals surface area (Å²) < 4.78 is 30.6. The SMILES string of the molecule is O=C(C1CNCC12CN(S(=O)(=O)c1ccccc1)Cc1cc(Br)ccc12)N1CCC(c2ccccc2)CC1C1CCCCC1. The molecule has 7 rings (SSSR count). The number of piperidine rings is 1. The number of rotatable bonds is 5. The van der Waals surface area contributed by atoms with E-state index in [9.17, 15) is 13.2 Å². The lowest BCUT2D eigenvalue weighted by molar-refractivity contribution is -0.143. The summed E-state index contributed by atoms with van der Waals surface area (Å²) in [4.78, 5) is 17.5. The van der Waals surface area contributed by atoms with Gasteiger partial charge in [0, 0.05) is 48.7 Å². The molecule has 4 atom stereocenters. The molecular formula is C36H42BrN3O3S. The lowest BCUT2D eigenvalue weighted by Gasteiger charge is -2.49. The number of benzene rings is 3. The first-order valence-electron chi connectivity index (χ1n) is 16.3. The van der Waals surface area contributed by atoms with Crippen molar-refractivity contribution in [2.75, 3.05) is 26.2 Å². The third kappa shape index (κ3) is 5.46. The molecule has 2 saturated heterocycles. The van der Waals surface area contributed by atoms with E-state index in [1.165, 1.54) is 37.7 Å². The number of carbonyl (C=O) groups excluding carboxylic acids is 1. The zero-order valence-electron chi connectivity index (χ0n) is 25.2. The van der Waals surface area contributed by atoms with Gasteiger partial charge in [0.1, 0.15) is 0 Å². The molecule has 4 unspecified atom stereocenters. The highest BCUT2D eigenvalue weighted by Gasteiger charge is 2.55. The second-order valence-corrected chi connectivity index (χ2v) is 16.2. The zero-order chi connectivity index (χ0) is 30.3. The molecule has 232 valence electrons. The third-order valence-electron chi connectivity index (χ3n) is 10.9. The Morgan fingerprint density at radius 2 is 1.64 bits per heavy atom. The largest absolute Gasteiger partial charge is 0.339 e. The van der Waals surface area contributed by atoms with Crippen molar-refractivity contribution >= 4 is 31.9 Å². The maximum atomic E-state index is 15.0. The first-order chi connectivity index (χ1) is 21.4. The number of hydrogen-bond donors (Lipinski definition) is 1. The van der Waals surface area contributed by atoms with Crippen LogP contribution in [0.25, 0.3) is 0 Å². The Hall–Kier alpha value is -2.52. The number of sulfonamides is 1. The van der Waals surface area contributed by atoms with Crippen LogP contribution in [-0.2, 0) is 26.8 Å². The minimum absolute atomic E-state index is 0.199. The Balaban J connectivity index is 1.24.